The maximum atomic E-state index is 11.4. The van der Waals surface area contributed by atoms with Gasteiger partial charge in [-0.05, 0) is 95.2 Å². The zero-order valence-electron chi connectivity index (χ0n) is 33.1. The Bertz CT molecular complexity index is 748. The van der Waals surface area contributed by atoms with E-state index in [0.717, 1.165) is 52.1 Å². The van der Waals surface area contributed by atoms with E-state index in [9.17, 15) is 24.0 Å². The molecule has 13 nitrogen and oxygen atoms in total. The first-order valence-electron chi connectivity index (χ1n) is 17.4. The third-order valence-corrected chi connectivity index (χ3v) is 6.53. The molecule has 0 saturated carbocycles. The topological polar surface area (TPSA) is 177 Å². The number of aliphatic carboxylic acids is 2. The van der Waals surface area contributed by atoms with Gasteiger partial charge >= 0.3 is 11.9 Å². The van der Waals surface area contributed by atoms with Crippen molar-refractivity contribution in [2.45, 2.75) is 99.8 Å². The first-order chi connectivity index (χ1) is 22.4. The molecule has 49 heavy (non-hydrogen) atoms. The predicted molar refractivity (Wildman–Crippen MR) is 205 cm³/mol. The smallest absolute Gasteiger partial charge is 0.306 e. The number of ketones is 2. The van der Waals surface area contributed by atoms with Gasteiger partial charge in [0.25, 0.3) is 0 Å². The summed E-state index contributed by atoms with van der Waals surface area (Å²) in [5.41, 5.74) is 5.19. The summed E-state index contributed by atoms with van der Waals surface area (Å²) in [7, 11) is 15.8. The Kier molecular flexibility index (Phi) is 50.0. The number of hydrogen-bond acceptors (Lipinski definition) is 10. The van der Waals surface area contributed by atoms with E-state index in [-0.39, 0.29) is 37.7 Å². The van der Waals surface area contributed by atoms with E-state index in [2.05, 4.69) is 10.2 Å². The molecule has 0 unspecified atom stereocenters. The van der Waals surface area contributed by atoms with Crippen LogP contribution in [0.4, 0.5) is 0 Å². The molecule has 1 amide bonds. The number of carbonyl (C=O) groups is 5. The summed E-state index contributed by atoms with van der Waals surface area (Å²) in [5, 5.41) is 20.3. The van der Waals surface area contributed by atoms with Crippen LogP contribution >= 0.6 is 0 Å². The third kappa shape index (κ3) is 52.5. The number of Topliss-reactive ketones (excluding diaryl/α,β-unsaturated/α-hetero) is 2. The van der Waals surface area contributed by atoms with Crippen LogP contribution in [-0.4, -0.2) is 155 Å². The van der Waals surface area contributed by atoms with Crippen molar-refractivity contribution in [2.24, 2.45) is 17.6 Å². The number of carboxylic acids is 2. The standard InChI is InChI=1S/2C11H21NO3.C7H16N2O.C4H12N2.C2H6.CH4/c2*1-4-9(11(14)15)8-10(13)6-5-7-12(2)3;1-4-7(10)8-5-6-9(2)3;1-6(2)4-3-5;1-2;/h2*9H,4-8H2,1-3H3,(H,14,15);4-6H2,1-3H3,(H,8,10);3-5H2,1-2H3;1-2H3;1H4/t2*9-;;;;/m11..../s1. The summed E-state index contributed by atoms with van der Waals surface area (Å²) in [5.74, 6) is -2.48. The second kappa shape index (κ2) is 41.7. The van der Waals surface area contributed by atoms with Gasteiger partial charge in [-0.15, -0.1) is 0 Å². The molecule has 0 aromatic heterocycles. The largest absolute Gasteiger partial charge is 0.481 e. The molecule has 0 saturated heterocycles. The van der Waals surface area contributed by atoms with E-state index in [4.69, 9.17) is 15.9 Å². The van der Waals surface area contributed by atoms with E-state index in [1.165, 1.54) is 0 Å². The number of hydrogen-bond donors (Lipinski definition) is 4. The fourth-order valence-electron chi connectivity index (χ4n) is 3.55. The highest BCUT2D eigenvalue weighted by Crippen LogP contribution is 2.12. The third-order valence-electron chi connectivity index (χ3n) is 6.53. The Morgan fingerprint density at radius 2 is 0.939 bits per heavy atom. The number of nitrogens with one attached hydrogen (secondary N) is 1. The molecule has 0 spiro atoms. The van der Waals surface area contributed by atoms with Gasteiger partial charge in [0.15, 0.2) is 0 Å². The van der Waals surface area contributed by atoms with Crippen LogP contribution in [-0.2, 0) is 24.0 Å². The fraction of sp³-hybridized carbons (Fsp3) is 0.861. The number of rotatable bonds is 22. The molecule has 2 atom stereocenters. The Hall–Kier alpha value is -2.45. The Balaban J connectivity index is -0.000000128. The number of carbonyl (C=O) groups excluding carboxylic acids is 3. The monoisotopic (exact) mass is 709 g/mol. The average Bonchev–Trinajstić information content (AvgIpc) is 2.99. The molecule has 13 heteroatoms. The van der Waals surface area contributed by atoms with Gasteiger partial charge in [-0.2, -0.15) is 0 Å². The molecule has 5 N–H and O–H groups in total. The molecule has 0 aliphatic rings. The summed E-state index contributed by atoms with van der Waals surface area (Å²) in [6.07, 6.45) is 4.57. The van der Waals surface area contributed by atoms with Gasteiger partial charge in [-0.25, -0.2) is 0 Å². The summed E-state index contributed by atoms with van der Waals surface area (Å²) < 4.78 is 0. The first-order valence-corrected chi connectivity index (χ1v) is 17.4. The number of amides is 1. The van der Waals surface area contributed by atoms with Crippen LogP contribution in [0.5, 0.6) is 0 Å². The lowest BCUT2D eigenvalue weighted by Crippen LogP contribution is -2.30. The molecule has 0 fully saturated rings. The molecule has 0 aliphatic heterocycles. The molecule has 0 heterocycles. The first kappa shape index (κ1) is 58.7. The number of likely N-dealkylation sites (N-methyl/N-ethyl adjacent to an activating group) is 2. The van der Waals surface area contributed by atoms with Crippen molar-refractivity contribution in [3.63, 3.8) is 0 Å². The molecule has 0 aromatic carbocycles. The second-order valence-electron chi connectivity index (χ2n) is 12.3. The SMILES string of the molecule is C.CC.CCC(=O)NCCN(C)C.CC[C@H](CC(=O)CCCN(C)C)C(=O)O.CC[C@H](CC(=O)CCCN(C)C)C(=O)O.CN(C)CCN. The molecule has 0 rings (SSSR count). The van der Waals surface area contributed by atoms with E-state index in [0.29, 0.717) is 32.1 Å². The molecular formula is C36H80N6O7. The number of nitrogens with zero attached hydrogens (tertiary/aromatic N) is 4. The van der Waals surface area contributed by atoms with Crippen LogP contribution < -0.4 is 11.1 Å². The minimum absolute atomic E-state index is 0. The lowest BCUT2D eigenvalue weighted by molar-refractivity contribution is -0.144. The normalized spacial score (nSPS) is 11.2. The van der Waals surface area contributed by atoms with Crippen LogP contribution in [0.1, 0.15) is 99.8 Å². The van der Waals surface area contributed by atoms with Gasteiger partial charge in [0.2, 0.25) is 5.91 Å². The molecule has 0 aliphatic carbocycles. The van der Waals surface area contributed by atoms with Crippen molar-refractivity contribution in [3.05, 3.63) is 0 Å². The van der Waals surface area contributed by atoms with Gasteiger partial charge < -0.3 is 40.9 Å². The zero-order chi connectivity index (χ0) is 38.7. The van der Waals surface area contributed by atoms with Crippen molar-refractivity contribution in [1.29, 1.82) is 0 Å². The quantitative estimate of drug-likeness (QED) is 0.127. The van der Waals surface area contributed by atoms with E-state index in [1.54, 1.807) is 13.8 Å². The van der Waals surface area contributed by atoms with Crippen molar-refractivity contribution in [1.82, 2.24) is 24.9 Å². The minimum atomic E-state index is -0.863. The molecule has 0 aromatic rings. The lowest BCUT2D eigenvalue weighted by Gasteiger charge is -2.10. The lowest BCUT2D eigenvalue weighted by atomic mass is 9.98. The Morgan fingerprint density at radius 3 is 1.14 bits per heavy atom. The summed E-state index contributed by atoms with van der Waals surface area (Å²) >= 11 is 0. The van der Waals surface area contributed by atoms with E-state index >= 15 is 0 Å². The van der Waals surface area contributed by atoms with Gasteiger partial charge in [-0.3, -0.25) is 24.0 Å². The van der Waals surface area contributed by atoms with E-state index in [1.807, 2.05) is 91.9 Å². The predicted octanol–water partition coefficient (Wildman–Crippen LogP) is 4.04. The van der Waals surface area contributed by atoms with Gasteiger partial charge in [-0.1, -0.05) is 42.0 Å². The second-order valence-corrected chi connectivity index (χ2v) is 12.3. The summed E-state index contributed by atoms with van der Waals surface area (Å²) in [4.78, 5) is 63.0. The number of carboxylic acid groups (broad SMARTS) is 2. The van der Waals surface area contributed by atoms with Crippen molar-refractivity contribution in [2.75, 3.05) is 95.6 Å². The van der Waals surface area contributed by atoms with Crippen molar-refractivity contribution < 1.29 is 34.2 Å². The maximum Gasteiger partial charge on any atom is 0.306 e. The van der Waals surface area contributed by atoms with Crippen LogP contribution in [0.25, 0.3) is 0 Å². The van der Waals surface area contributed by atoms with Crippen LogP contribution in [0, 0.1) is 11.8 Å². The molecular weight excluding hydrogens is 628 g/mol. The van der Waals surface area contributed by atoms with Crippen molar-refractivity contribution >= 4 is 29.4 Å². The highest BCUT2D eigenvalue weighted by Gasteiger charge is 2.19. The maximum absolute atomic E-state index is 11.4. The Morgan fingerprint density at radius 1 is 0.612 bits per heavy atom. The minimum Gasteiger partial charge on any atom is -0.481 e. The van der Waals surface area contributed by atoms with Crippen LogP contribution in [0.2, 0.25) is 0 Å². The highest BCUT2D eigenvalue weighted by molar-refractivity contribution is 5.84. The average molecular weight is 709 g/mol. The van der Waals surface area contributed by atoms with Crippen LogP contribution in [0.15, 0.2) is 0 Å². The van der Waals surface area contributed by atoms with Gasteiger partial charge in [0.1, 0.15) is 11.6 Å². The fourth-order valence-corrected chi connectivity index (χ4v) is 3.55. The molecule has 296 valence electrons. The van der Waals surface area contributed by atoms with Crippen molar-refractivity contribution in [3.8, 4) is 0 Å². The molecule has 0 bridgehead atoms. The van der Waals surface area contributed by atoms with E-state index < -0.39 is 23.8 Å². The van der Waals surface area contributed by atoms with Gasteiger partial charge in [0.05, 0.1) is 11.8 Å². The Labute approximate surface area is 301 Å². The zero-order valence-corrected chi connectivity index (χ0v) is 33.1. The summed E-state index contributed by atoms with van der Waals surface area (Å²) in [6, 6.07) is 0. The van der Waals surface area contributed by atoms with Gasteiger partial charge in [0, 0.05) is 58.3 Å². The van der Waals surface area contributed by atoms with Crippen LogP contribution in [0.3, 0.4) is 0 Å². The highest BCUT2D eigenvalue weighted by atomic mass is 16.4. The summed E-state index contributed by atoms with van der Waals surface area (Å²) in [6.45, 7) is 14.6. The molecule has 0 radical (unpaired) electrons. The number of nitrogens with two attached hydrogens (primary N) is 1.